The number of nitrogens with zero attached hydrogens (tertiary/aromatic N) is 3. The van der Waals surface area contributed by atoms with Crippen LogP contribution in [0.5, 0.6) is 11.6 Å². The van der Waals surface area contributed by atoms with Crippen molar-refractivity contribution in [3.63, 3.8) is 0 Å². The predicted molar refractivity (Wildman–Crippen MR) is 138 cm³/mol. The molecule has 0 atom stereocenters. The summed E-state index contributed by atoms with van der Waals surface area (Å²) >= 11 is 1.53. The number of fused-ring (bicyclic) bond motifs is 1. The number of aromatic nitrogens is 3. The standard InChI is InChI=1S/C28H24FN3O3S/c1-16-7-8-23(24(29)10-16)19-11-20(13-21(12-19)35-4)25-27(33)31-9-5-6-17(2)26(31)32(28(25)34)15-22-14-30-18(3)36-22/h5-14H,15H2,1-4H3/p+1. The molecule has 36 heavy (non-hydrogen) atoms. The van der Waals surface area contributed by atoms with Crippen molar-refractivity contribution in [3.05, 3.63) is 98.1 Å². The van der Waals surface area contributed by atoms with Gasteiger partial charge in [0, 0.05) is 22.9 Å². The summed E-state index contributed by atoms with van der Waals surface area (Å²) in [6.45, 7) is 5.97. The van der Waals surface area contributed by atoms with Gasteiger partial charge in [0.2, 0.25) is 0 Å². The van der Waals surface area contributed by atoms with Crippen molar-refractivity contribution in [3.8, 4) is 33.9 Å². The molecule has 182 valence electrons. The van der Waals surface area contributed by atoms with Crippen LogP contribution in [0.3, 0.4) is 0 Å². The molecule has 0 saturated carbocycles. The molecule has 3 heterocycles. The number of hydrogen-bond donors (Lipinski definition) is 1. The highest BCUT2D eigenvalue weighted by Gasteiger charge is 2.27. The number of aryl methyl sites for hydroxylation is 3. The fourth-order valence-electron chi connectivity index (χ4n) is 4.47. The molecule has 0 radical (unpaired) electrons. The second-order valence-electron chi connectivity index (χ2n) is 8.75. The second-order valence-corrected chi connectivity index (χ2v) is 10.1. The molecule has 0 unspecified atom stereocenters. The summed E-state index contributed by atoms with van der Waals surface area (Å²) in [4.78, 5) is 19.0. The van der Waals surface area contributed by atoms with Crippen LogP contribution in [0.15, 0.2) is 65.7 Å². The number of thiazole rings is 1. The van der Waals surface area contributed by atoms with Gasteiger partial charge in [0.15, 0.2) is 5.56 Å². The van der Waals surface area contributed by atoms with E-state index in [-0.39, 0.29) is 22.8 Å². The van der Waals surface area contributed by atoms with Crippen molar-refractivity contribution in [2.45, 2.75) is 27.3 Å². The van der Waals surface area contributed by atoms with E-state index in [1.165, 1.54) is 28.9 Å². The summed E-state index contributed by atoms with van der Waals surface area (Å²) in [6, 6.07) is 13.8. The van der Waals surface area contributed by atoms with Crippen molar-refractivity contribution in [2.24, 2.45) is 0 Å². The van der Waals surface area contributed by atoms with Crippen LogP contribution in [-0.2, 0) is 6.54 Å². The maximum Gasteiger partial charge on any atom is 0.354 e. The van der Waals surface area contributed by atoms with Gasteiger partial charge in [-0.3, -0.25) is 0 Å². The van der Waals surface area contributed by atoms with Crippen LogP contribution in [-0.4, -0.2) is 21.6 Å². The molecule has 0 amide bonds. The Balaban J connectivity index is 1.80. The van der Waals surface area contributed by atoms with Gasteiger partial charge < -0.3 is 9.84 Å². The first kappa shape index (κ1) is 23.7. The van der Waals surface area contributed by atoms with Gasteiger partial charge in [-0.25, -0.2) is 14.2 Å². The highest BCUT2D eigenvalue weighted by atomic mass is 32.1. The second kappa shape index (κ2) is 9.20. The Hall–Kier alpha value is -4.04. The fraction of sp³-hybridized carbons (Fsp3) is 0.179. The van der Waals surface area contributed by atoms with E-state index < -0.39 is 0 Å². The molecule has 8 heteroatoms. The lowest BCUT2D eigenvalue weighted by molar-refractivity contribution is -0.671. The third-order valence-electron chi connectivity index (χ3n) is 6.18. The SMILES string of the molecule is COc1cc(-c2ccc(C)cc2F)cc(-c2c(O)[n+](Cc3cnc(C)s3)c3c(C)cccn3c2=O)c1. The van der Waals surface area contributed by atoms with E-state index in [9.17, 15) is 14.3 Å². The van der Waals surface area contributed by atoms with Crippen molar-refractivity contribution >= 4 is 17.0 Å². The summed E-state index contributed by atoms with van der Waals surface area (Å²) in [5, 5.41) is 12.5. The minimum Gasteiger partial charge on any atom is -0.497 e. The van der Waals surface area contributed by atoms with Crippen LogP contribution < -0.4 is 14.9 Å². The van der Waals surface area contributed by atoms with Gasteiger partial charge in [0.1, 0.15) is 18.1 Å². The monoisotopic (exact) mass is 502 g/mol. The summed E-state index contributed by atoms with van der Waals surface area (Å²) in [6.07, 6.45) is 3.46. The number of hydrogen-bond acceptors (Lipinski definition) is 5. The third kappa shape index (κ3) is 4.13. The van der Waals surface area contributed by atoms with Gasteiger partial charge in [-0.05, 0) is 68.3 Å². The van der Waals surface area contributed by atoms with E-state index in [1.54, 1.807) is 47.3 Å². The summed E-state index contributed by atoms with van der Waals surface area (Å²) in [7, 11) is 1.51. The molecule has 0 fully saturated rings. The summed E-state index contributed by atoms with van der Waals surface area (Å²) < 4.78 is 23.6. The molecule has 0 saturated heterocycles. The average molecular weight is 503 g/mol. The van der Waals surface area contributed by atoms with Gasteiger partial charge in [0.05, 0.1) is 23.2 Å². The van der Waals surface area contributed by atoms with Gasteiger partial charge in [-0.1, -0.05) is 12.1 Å². The first-order chi connectivity index (χ1) is 17.3. The summed E-state index contributed by atoms with van der Waals surface area (Å²) in [5.41, 5.74) is 3.30. The third-order valence-corrected chi connectivity index (χ3v) is 7.08. The topological polar surface area (TPSA) is 67.7 Å². The van der Waals surface area contributed by atoms with Gasteiger partial charge in [0.25, 0.3) is 11.5 Å². The van der Waals surface area contributed by atoms with Gasteiger partial charge in [-0.2, -0.15) is 8.97 Å². The maximum atomic E-state index is 14.9. The van der Waals surface area contributed by atoms with Crippen molar-refractivity contribution in [1.82, 2.24) is 9.38 Å². The highest BCUT2D eigenvalue weighted by molar-refractivity contribution is 7.11. The molecular formula is C28H25FN3O3S+. The molecule has 1 N–H and O–H groups in total. The van der Waals surface area contributed by atoms with Crippen LogP contribution >= 0.6 is 11.3 Å². The molecule has 5 aromatic rings. The first-order valence-electron chi connectivity index (χ1n) is 11.4. The number of benzene rings is 2. The lowest BCUT2D eigenvalue weighted by atomic mass is 9.98. The van der Waals surface area contributed by atoms with Crippen molar-refractivity contribution in [2.75, 3.05) is 7.11 Å². The molecule has 6 nitrogen and oxygen atoms in total. The number of rotatable bonds is 5. The van der Waals surface area contributed by atoms with E-state index >= 15 is 0 Å². The van der Waals surface area contributed by atoms with Crippen molar-refractivity contribution < 1.29 is 18.8 Å². The van der Waals surface area contributed by atoms with Gasteiger partial charge in [-0.15, -0.1) is 11.3 Å². The Labute approximate surface area is 211 Å². The Morgan fingerprint density at radius 1 is 1.11 bits per heavy atom. The number of aromatic hydroxyl groups is 1. The Bertz CT molecular complexity index is 1690. The molecule has 0 spiro atoms. The first-order valence-corrected chi connectivity index (χ1v) is 12.2. The average Bonchev–Trinajstić information content (AvgIpc) is 3.26. The van der Waals surface area contributed by atoms with Crippen LogP contribution in [0, 0.1) is 26.6 Å². The van der Waals surface area contributed by atoms with E-state index in [2.05, 4.69) is 4.98 Å². The molecule has 5 rings (SSSR count). The lowest BCUT2D eigenvalue weighted by Crippen LogP contribution is -2.41. The van der Waals surface area contributed by atoms with E-state index in [4.69, 9.17) is 4.74 Å². The van der Waals surface area contributed by atoms with Crippen LogP contribution in [0.2, 0.25) is 0 Å². The van der Waals surface area contributed by atoms with E-state index in [1.807, 2.05) is 32.9 Å². The number of halogens is 1. The normalized spacial score (nSPS) is 11.2. The molecule has 0 aliphatic heterocycles. The zero-order valence-electron chi connectivity index (χ0n) is 20.4. The number of methoxy groups -OCH3 is 1. The Kier molecular flexibility index (Phi) is 6.05. The molecule has 2 aromatic carbocycles. The minimum atomic E-state index is -0.383. The lowest BCUT2D eigenvalue weighted by Gasteiger charge is -2.13. The Morgan fingerprint density at radius 3 is 2.58 bits per heavy atom. The fourth-order valence-corrected chi connectivity index (χ4v) is 5.26. The zero-order chi connectivity index (χ0) is 25.6. The van der Waals surface area contributed by atoms with Crippen LogP contribution in [0.25, 0.3) is 27.9 Å². The predicted octanol–water partition coefficient (Wildman–Crippen LogP) is 5.20. The highest BCUT2D eigenvalue weighted by Crippen LogP contribution is 2.34. The van der Waals surface area contributed by atoms with E-state index in [0.717, 1.165) is 21.0 Å². The number of pyridine rings is 1. The molecule has 0 bridgehead atoms. The van der Waals surface area contributed by atoms with Gasteiger partial charge >= 0.3 is 5.56 Å². The largest absolute Gasteiger partial charge is 0.497 e. The van der Waals surface area contributed by atoms with Crippen LogP contribution in [0.1, 0.15) is 21.0 Å². The molecule has 3 aromatic heterocycles. The van der Waals surface area contributed by atoms with Crippen LogP contribution in [0.4, 0.5) is 4.39 Å². The zero-order valence-corrected chi connectivity index (χ0v) is 21.2. The quantitative estimate of drug-likeness (QED) is 0.335. The number of ether oxygens (including phenoxy) is 1. The van der Waals surface area contributed by atoms with E-state index in [0.29, 0.717) is 34.6 Å². The molecule has 0 aliphatic rings. The Morgan fingerprint density at radius 2 is 1.89 bits per heavy atom. The summed E-state index contributed by atoms with van der Waals surface area (Å²) in [5.74, 6) is -0.107. The smallest absolute Gasteiger partial charge is 0.354 e. The maximum absolute atomic E-state index is 14.9. The molecular weight excluding hydrogens is 477 g/mol. The minimum absolute atomic E-state index is 0.104. The molecule has 0 aliphatic carbocycles. The van der Waals surface area contributed by atoms with Crippen molar-refractivity contribution in [1.29, 1.82) is 0 Å².